The zero-order chi connectivity index (χ0) is 17.3. The summed E-state index contributed by atoms with van der Waals surface area (Å²) in [6.45, 7) is -0.199. The number of carbonyl (C=O) groups excluding carboxylic acids is 3. The molecule has 0 spiro atoms. The topological polar surface area (TPSA) is 66.5 Å². The molecule has 1 N–H and O–H groups in total. The molecule has 5 nitrogen and oxygen atoms in total. The van der Waals surface area contributed by atoms with Crippen LogP contribution in [-0.4, -0.2) is 29.2 Å². The lowest BCUT2D eigenvalue weighted by Crippen LogP contribution is -2.40. The third-order valence-corrected chi connectivity index (χ3v) is 6.71. The van der Waals surface area contributed by atoms with Gasteiger partial charge in [-0.1, -0.05) is 28.1 Å². The third kappa shape index (κ3) is 2.23. The smallest absolute Gasteiger partial charge is 0.244 e. The van der Waals surface area contributed by atoms with E-state index in [1.807, 2.05) is 12.1 Å². The van der Waals surface area contributed by atoms with Crippen molar-refractivity contribution in [2.24, 2.45) is 35.5 Å². The minimum absolute atomic E-state index is 0.161. The Labute approximate surface area is 153 Å². The number of allylic oxidation sites excluding steroid dienone is 2. The molecule has 1 aliphatic heterocycles. The average Bonchev–Trinajstić information content (AvgIpc) is 3.38. The van der Waals surface area contributed by atoms with Crippen molar-refractivity contribution in [3.05, 3.63) is 40.9 Å². The number of likely N-dealkylation sites (tertiary alicyclic amines) is 1. The van der Waals surface area contributed by atoms with Crippen molar-refractivity contribution in [1.82, 2.24) is 4.90 Å². The van der Waals surface area contributed by atoms with Gasteiger partial charge < -0.3 is 5.32 Å². The monoisotopic (exact) mass is 400 g/mol. The van der Waals surface area contributed by atoms with Crippen LogP contribution in [0.5, 0.6) is 0 Å². The van der Waals surface area contributed by atoms with E-state index in [9.17, 15) is 14.4 Å². The van der Waals surface area contributed by atoms with Gasteiger partial charge in [-0.05, 0) is 54.4 Å². The van der Waals surface area contributed by atoms with Crippen LogP contribution >= 0.6 is 15.9 Å². The van der Waals surface area contributed by atoms with Gasteiger partial charge in [0, 0.05) is 10.2 Å². The highest BCUT2D eigenvalue weighted by molar-refractivity contribution is 9.10. The van der Waals surface area contributed by atoms with Crippen molar-refractivity contribution in [3.8, 4) is 0 Å². The highest BCUT2D eigenvalue weighted by Gasteiger charge is 2.67. The summed E-state index contributed by atoms with van der Waals surface area (Å²) in [5.74, 6) is 0.379. The second-order valence-corrected chi connectivity index (χ2v) is 8.39. The number of anilines is 1. The molecule has 6 heteroatoms. The summed E-state index contributed by atoms with van der Waals surface area (Å²) < 4.78 is 0.918. The van der Waals surface area contributed by atoms with E-state index in [4.69, 9.17) is 0 Å². The molecule has 1 heterocycles. The molecule has 3 fully saturated rings. The van der Waals surface area contributed by atoms with Gasteiger partial charge in [0.1, 0.15) is 6.54 Å². The van der Waals surface area contributed by atoms with Gasteiger partial charge >= 0.3 is 0 Å². The van der Waals surface area contributed by atoms with E-state index in [0.717, 1.165) is 10.9 Å². The van der Waals surface area contributed by atoms with Crippen LogP contribution in [-0.2, 0) is 14.4 Å². The number of halogens is 1. The number of benzene rings is 1. The van der Waals surface area contributed by atoms with Gasteiger partial charge in [0.2, 0.25) is 17.7 Å². The highest BCUT2D eigenvalue weighted by atomic mass is 79.9. The molecule has 1 aromatic rings. The molecule has 5 aliphatic rings. The second kappa shape index (κ2) is 5.27. The molecular formula is C19H17BrN2O3. The van der Waals surface area contributed by atoms with Crippen molar-refractivity contribution in [3.63, 3.8) is 0 Å². The summed E-state index contributed by atoms with van der Waals surface area (Å²) in [6.07, 6.45) is 5.41. The minimum atomic E-state index is -0.340. The maximum absolute atomic E-state index is 12.8. The van der Waals surface area contributed by atoms with Crippen LogP contribution in [0.1, 0.15) is 6.42 Å². The fourth-order valence-corrected chi connectivity index (χ4v) is 5.32. The third-order valence-electron chi connectivity index (χ3n) is 6.18. The number of amides is 3. The number of nitrogens with one attached hydrogen (secondary N) is 1. The van der Waals surface area contributed by atoms with Crippen molar-refractivity contribution < 1.29 is 14.4 Å². The zero-order valence-electron chi connectivity index (χ0n) is 13.4. The normalized spacial score (nSPS) is 37.1. The number of carbonyl (C=O) groups is 3. The van der Waals surface area contributed by atoms with Crippen molar-refractivity contribution in [2.45, 2.75) is 6.42 Å². The molecular weight excluding hydrogens is 384 g/mol. The number of imide groups is 1. The van der Waals surface area contributed by atoms with Crippen LogP contribution in [0.2, 0.25) is 0 Å². The number of nitrogens with zero attached hydrogens (tertiary/aromatic N) is 1. The van der Waals surface area contributed by atoms with E-state index < -0.39 is 0 Å². The Morgan fingerprint density at radius 2 is 1.60 bits per heavy atom. The summed E-state index contributed by atoms with van der Waals surface area (Å²) in [4.78, 5) is 39.1. The van der Waals surface area contributed by atoms with Gasteiger partial charge in [-0.3, -0.25) is 19.3 Å². The molecule has 25 heavy (non-hydrogen) atoms. The van der Waals surface area contributed by atoms with E-state index in [1.165, 1.54) is 4.90 Å². The molecule has 0 aromatic heterocycles. The van der Waals surface area contributed by atoms with E-state index >= 15 is 0 Å². The van der Waals surface area contributed by atoms with Gasteiger partial charge in [0.25, 0.3) is 0 Å². The first-order valence-corrected chi connectivity index (χ1v) is 9.43. The molecule has 0 radical (unpaired) electrons. The number of rotatable bonds is 3. The summed E-state index contributed by atoms with van der Waals surface area (Å²) in [7, 11) is 0. The molecule has 6 atom stereocenters. The lowest BCUT2D eigenvalue weighted by Gasteiger charge is -2.37. The van der Waals surface area contributed by atoms with Crippen LogP contribution in [0.25, 0.3) is 0 Å². The van der Waals surface area contributed by atoms with Crippen LogP contribution in [0.15, 0.2) is 40.9 Å². The zero-order valence-corrected chi connectivity index (χ0v) is 15.0. The van der Waals surface area contributed by atoms with Gasteiger partial charge in [0.05, 0.1) is 11.8 Å². The van der Waals surface area contributed by atoms with Crippen LogP contribution in [0.3, 0.4) is 0 Å². The second-order valence-electron chi connectivity index (χ2n) is 7.47. The summed E-state index contributed by atoms with van der Waals surface area (Å²) in [6, 6.07) is 7.19. The summed E-state index contributed by atoms with van der Waals surface area (Å²) in [5, 5.41) is 2.75. The Morgan fingerprint density at radius 3 is 2.16 bits per heavy atom. The van der Waals surface area contributed by atoms with Crippen molar-refractivity contribution >= 4 is 39.3 Å². The fraction of sp³-hybridized carbons (Fsp3) is 0.421. The predicted octanol–water partition coefficient (Wildman–Crippen LogP) is 2.44. The largest absolute Gasteiger partial charge is 0.325 e. The molecule has 2 bridgehead atoms. The Hall–Kier alpha value is -1.95. The predicted molar refractivity (Wildman–Crippen MR) is 94.2 cm³/mol. The van der Waals surface area contributed by atoms with Gasteiger partial charge in [0.15, 0.2) is 0 Å². The molecule has 6 rings (SSSR count). The Morgan fingerprint density at radius 1 is 1.04 bits per heavy atom. The molecule has 1 saturated heterocycles. The van der Waals surface area contributed by atoms with Crippen LogP contribution in [0, 0.1) is 35.5 Å². The molecule has 0 unspecified atom stereocenters. The van der Waals surface area contributed by atoms with Gasteiger partial charge in [-0.15, -0.1) is 0 Å². The molecule has 3 amide bonds. The Kier molecular flexibility index (Phi) is 3.23. The van der Waals surface area contributed by atoms with E-state index in [1.54, 1.807) is 12.1 Å². The number of hydrogen-bond acceptors (Lipinski definition) is 3. The molecule has 4 aliphatic carbocycles. The first-order chi connectivity index (χ1) is 12.0. The van der Waals surface area contributed by atoms with Crippen molar-refractivity contribution in [2.75, 3.05) is 11.9 Å². The first-order valence-electron chi connectivity index (χ1n) is 8.63. The minimum Gasteiger partial charge on any atom is -0.325 e. The van der Waals surface area contributed by atoms with E-state index in [-0.39, 0.29) is 47.9 Å². The Balaban J connectivity index is 1.32. The van der Waals surface area contributed by atoms with Crippen LogP contribution < -0.4 is 5.32 Å². The molecule has 128 valence electrons. The molecule has 1 aromatic carbocycles. The summed E-state index contributed by atoms with van der Waals surface area (Å²) in [5.41, 5.74) is 0.646. The maximum Gasteiger partial charge on any atom is 0.244 e. The van der Waals surface area contributed by atoms with E-state index in [0.29, 0.717) is 17.5 Å². The number of hydrogen-bond donors (Lipinski definition) is 1. The summed E-state index contributed by atoms with van der Waals surface area (Å²) >= 11 is 3.34. The fourth-order valence-electron chi connectivity index (χ4n) is 5.05. The quantitative estimate of drug-likeness (QED) is 0.625. The lowest BCUT2D eigenvalue weighted by atomic mass is 9.63. The maximum atomic E-state index is 12.8. The van der Waals surface area contributed by atoms with Gasteiger partial charge in [-0.2, -0.15) is 0 Å². The standard InChI is InChI=1S/C19H17BrN2O3/c20-9-1-3-10(4-2-9)21-15(23)8-22-18(24)16-11-5-6-12(14-7-13(11)14)17(16)19(22)25/h1-6,11-14,16-17H,7-8H2,(H,21,23)/t11-,12-,13-,14-,16-,17+/m0/s1. The molecule has 2 saturated carbocycles. The average molecular weight is 401 g/mol. The Bertz CT molecular complexity index is 782. The van der Waals surface area contributed by atoms with E-state index in [2.05, 4.69) is 33.4 Å². The lowest BCUT2D eigenvalue weighted by molar-refractivity contribution is -0.142. The first kappa shape index (κ1) is 15.3. The highest BCUT2D eigenvalue weighted by Crippen LogP contribution is 2.65. The van der Waals surface area contributed by atoms with Crippen molar-refractivity contribution in [1.29, 1.82) is 0 Å². The SMILES string of the molecule is O=C(CN1C(=O)[C@@H]2[C@H]3C=C[C@@H]([C@@H]4C[C@@H]34)[C@@H]2C1=O)Nc1ccc(Br)cc1. The van der Waals surface area contributed by atoms with Gasteiger partial charge in [-0.25, -0.2) is 0 Å². The van der Waals surface area contributed by atoms with Crippen LogP contribution in [0.4, 0.5) is 5.69 Å².